The van der Waals surface area contributed by atoms with Gasteiger partial charge in [0, 0.05) is 17.5 Å². The smallest absolute Gasteiger partial charge is 0.255 e. The van der Waals surface area contributed by atoms with Crippen LogP contribution in [0.4, 0.5) is 4.39 Å². The highest BCUT2D eigenvalue weighted by molar-refractivity contribution is 6.05. The number of benzene rings is 2. The predicted molar refractivity (Wildman–Crippen MR) is 93.2 cm³/mol. The topological polar surface area (TPSA) is 75.7 Å². The zero-order chi connectivity index (χ0) is 19.0. The van der Waals surface area contributed by atoms with Gasteiger partial charge >= 0.3 is 0 Å². The molecule has 0 bridgehead atoms. The summed E-state index contributed by atoms with van der Waals surface area (Å²) in [6.45, 7) is 0.403. The number of hydrogen-bond donors (Lipinski definition) is 1. The predicted octanol–water partition coefficient (Wildman–Crippen LogP) is 2.17. The van der Waals surface area contributed by atoms with E-state index in [9.17, 15) is 18.8 Å². The maximum Gasteiger partial charge on any atom is 0.255 e. The molecule has 1 atom stereocenters. The van der Waals surface area contributed by atoms with Crippen molar-refractivity contribution < 1.29 is 23.5 Å². The Kier molecular flexibility index (Phi) is 4.35. The molecule has 3 amide bonds. The molecule has 4 rings (SSSR count). The molecular formula is C20H17FN2O4. The summed E-state index contributed by atoms with van der Waals surface area (Å²) in [7, 11) is 0. The van der Waals surface area contributed by atoms with Crippen LogP contribution in [-0.2, 0) is 22.7 Å². The minimum absolute atomic E-state index is 0.167. The number of rotatable bonds is 4. The summed E-state index contributed by atoms with van der Waals surface area (Å²) >= 11 is 0. The third-order valence-corrected chi connectivity index (χ3v) is 4.82. The standard InChI is InChI=1S/C20H17FN2O4/c21-13-4-1-3-12(9-13)11-27-17-6-2-5-14-15(17)10-23(20(14)26)16-7-8-18(24)22-19(16)25/h1-6,9,16H,7-8,10-11H2,(H,22,24,25)/t16-/m1/s1. The Morgan fingerprint density at radius 1 is 1.15 bits per heavy atom. The summed E-state index contributed by atoms with van der Waals surface area (Å²) in [6, 6.07) is 10.6. The van der Waals surface area contributed by atoms with E-state index in [4.69, 9.17) is 4.74 Å². The van der Waals surface area contributed by atoms with Gasteiger partial charge in [-0.3, -0.25) is 19.7 Å². The van der Waals surface area contributed by atoms with Crippen LogP contribution in [0.2, 0.25) is 0 Å². The number of fused-ring (bicyclic) bond motifs is 1. The molecule has 0 aliphatic carbocycles. The van der Waals surface area contributed by atoms with Crippen LogP contribution in [0.5, 0.6) is 5.75 Å². The van der Waals surface area contributed by atoms with E-state index in [0.29, 0.717) is 28.9 Å². The first-order chi connectivity index (χ1) is 13.0. The fourth-order valence-corrected chi connectivity index (χ4v) is 3.48. The monoisotopic (exact) mass is 368 g/mol. The van der Waals surface area contributed by atoms with E-state index >= 15 is 0 Å². The summed E-state index contributed by atoms with van der Waals surface area (Å²) in [6.07, 6.45) is 0.517. The molecule has 2 aliphatic heterocycles. The summed E-state index contributed by atoms with van der Waals surface area (Å²) in [5.74, 6) is -0.835. The van der Waals surface area contributed by atoms with Crippen molar-refractivity contribution in [3.63, 3.8) is 0 Å². The number of amides is 3. The van der Waals surface area contributed by atoms with E-state index in [1.807, 2.05) is 0 Å². The first-order valence-corrected chi connectivity index (χ1v) is 8.67. The number of nitrogens with zero attached hydrogens (tertiary/aromatic N) is 1. The fraction of sp³-hybridized carbons (Fsp3) is 0.250. The Morgan fingerprint density at radius 3 is 2.74 bits per heavy atom. The van der Waals surface area contributed by atoms with Gasteiger partial charge in [0.25, 0.3) is 5.91 Å². The van der Waals surface area contributed by atoms with Crippen molar-refractivity contribution >= 4 is 17.7 Å². The molecule has 0 unspecified atom stereocenters. The lowest BCUT2D eigenvalue weighted by molar-refractivity contribution is -0.136. The van der Waals surface area contributed by atoms with Gasteiger partial charge in [-0.25, -0.2) is 4.39 Å². The average molecular weight is 368 g/mol. The van der Waals surface area contributed by atoms with Crippen molar-refractivity contribution in [2.75, 3.05) is 0 Å². The summed E-state index contributed by atoms with van der Waals surface area (Å²) in [5.41, 5.74) is 1.86. The van der Waals surface area contributed by atoms with Crippen LogP contribution in [0.3, 0.4) is 0 Å². The van der Waals surface area contributed by atoms with Crippen LogP contribution in [0.25, 0.3) is 0 Å². The molecule has 27 heavy (non-hydrogen) atoms. The number of nitrogens with one attached hydrogen (secondary N) is 1. The van der Waals surface area contributed by atoms with Crippen LogP contribution in [-0.4, -0.2) is 28.7 Å². The van der Waals surface area contributed by atoms with Gasteiger partial charge in [-0.15, -0.1) is 0 Å². The Balaban J connectivity index is 1.54. The van der Waals surface area contributed by atoms with Gasteiger partial charge in [-0.1, -0.05) is 18.2 Å². The molecule has 2 heterocycles. The quantitative estimate of drug-likeness (QED) is 0.840. The van der Waals surface area contributed by atoms with Crippen LogP contribution in [0.1, 0.15) is 34.3 Å². The van der Waals surface area contributed by atoms with Crippen LogP contribution < -0.4 is 10.1 Å². The van der Waals surface area contributed by atoms with Crippen LogP contribution in [0.15, 0.2) is 42.5 Å². The Bertz CT molecular complexity index is 943. The molecule has 1 fully saturated rings. The second-order valence-electron chi connectivity index (χ2n) is 6.60. The van der Waals surface area contributed by atoms with Crippen LogP contribution >= 0.6 is 0 Å². The molecule has 7 heteroatoms. The molecule has 6 nitrogen and oxygen atoms in total. The van der Waals surface area contributed by atoms with Crippen molar-refractivity contribution in [1.29, 1.82) is 0 Å². The molecule has 2 aliphatic rings. The van der Waals surface area contributed by atoms with Gasteiger partial charge in [-0.2, -0.15) is 0 Å². The molecule has 2 aromatic carbocycles. The molecule has 1 N–H and O–H groups in total. The number of piperidine rings is 1. The molecule has 0 spiro atoms. The largest absolute Gasteiger partial charge is 0.489 e. The second-order valence-corrected chi connectivity index (χ2v) is 6.60. The molecular weight excluding hydrogens is 351 g/mol. The van der Waals surface area contributed by atoms with E-state index in [1.165, 1.54) is 17.0 Å². The van der Waals surface area contributed by atoms with E-state index in [2.05, 4.69) is 5.32 Å². The molecule has 138 valence electrons. The normalized spacial score (nSPS) is 19.1. The van der Waals surface area contributed by atoms with Crippen molar-refractivity contribution in [3.05, 3.63) is 65.0 Å². The minimum Gasteiger partial charge on any atom is -0.489 e. The van der Waals surface area contributed by atoms with Crippen molar-refractivity contribution in [2.24, 2.45) is 0 Å². The summed E-state index contributed by atoms with van der Waals surface area (Å²) in [5, 5.41) is 2.28. The number of imide groups is 1. The molecule has 0 saturated carbocycles. The average Bonchev–Trinajstić information content (AvgIpc) is 2.97. The first kappa shape index (κ1) is 17.2. The van der Waals surface area contributed by atoms with Crippen molar-refractivity contribution in [2.45, 2.75) is 32.0 Å². The third kappa shape index (κ3) is 3.28. The highest BCUT2D eigenvalue weighted by atomic mass is 19.1. The zero-order valence-electron chi connectivity index (χ0n) is 14.4. The number of carbonyl (C=O) groups excluding carboxylic acids is 3. The van der Waals surface area contributed by atoms with Gasteiger partial charge in [-0.05, 0) is 36.2 Å². The number of halogens is 1. The number of ether oxygens (including phenoxy) is 1. The number of hydrogen-bond acceptors (Lipinski definition) is 4. The SMILES string of the molecule is O=C1CC[C@@H](N2Cc3c(OCc4cccc(F)c4)cccc3C2=O)C(=O)N1. The molecule has 1 saturated heterocycles. The Morgan fingerprint density at radius 2 is 1.96 bits per heavy atom. The van der Waals surface area contributed by atoms with Crippen molar-refractivity contribution in [1.82, 2.24) is 10.2 Å². The number of carbonyl (C=O) groups is 3. The first-order valence-electron chi connectivity index (χ1n) is 8.67. The minimum atomic E-state index is -0.668. The summed E-state index contributed by atoms with van der Waals surface area (Å²) in [4.78, 5) is 37.7. The van der Waals surface area contributed by atoms with Gasteiger partial charge in [0.1, 0.15) is 24.2 Å². The lowest BCUT2D eigenvalue weighted by Gasteiger charge is -2.29. The maximum atomic E-state index is 13.3. The van der Waals surface area contributed by atoms with E-state index in [1.54, 1.807) is 30.3 Å². The fourth-order valence-electron chi connectivity index (χ4n) is 3.48. The van der Waals surface area contributed by atoms with Gasteiger partial charge in [0.05, 0.1) is 6.54 Å². The zero-order valence-corrected chi connectivity index (χ0v) is 14.4. The highest BCUT2D eigenvalue weighted by Crippen LogP contribution is 2.33. The van der Waals surface area contributed by atoms with E-state index in [0.717, 1.165) is 0 Å². The highest BCUT2D eigenvalue weighted by Gasteiger charge is 2.40. The van der Waals surface area contributed by atoms with E-state index in [-0.39, 0.29) is 37.2 Å². The molecule has 0 radical (unpaired) electrons. The molecule has 0 aromatic heterocycles. The second kappa shape index (κ2) is 6.83. The van der Waals surface area contributed by atoms with Gasteiger partial charge in [0.15, 0.2) is 0 Å². The lowest BCUT2D eigenvalue weighted by atomic mass is 10.0. The molecule has 2 aromatic rings. The Hall–Kier alpha value is -3.22. The Labute approximate surface area is 154 Å². The third-order valence-electron chi connectivity index (χ3n) is 4.82. The van der Waals surface area contributed by atoms with Crippen molar-refractivity contribution in [3.8, 4) is 5.75 Å². The van der Waals surface area contributed by atoms with Crippen LogP contribution in [0, 0.1) is 5.82 Å². The van der Waals surface area contributed by atoms with E-state index < -0.39 is 11.9 Å². The summed E-state index contributed by atoms with van der Waals surface area (Å²) < 4.78 is 19.1. The van der Waals surface area contributed by atoms with Gasteiger partial charge < -0.3 is 9.64 Å². The lowest BCUT2D eigenvalue weighted by Crippen LogP contribution is -2.52. The maximum absolute atomic E-state index is 13.3. The van der Waals surface area contributed by atoms with Gasteiger partial charge in [0.2, 0.25) is 11.8 Å².